The van der Waals surface area contributed by atoms with Gasteiger partial charge in [-0.25, -0.2) is 0 Å². The van der Waals surface area contributed by atoms with E-state index in [0.717, 1.165) is 25.9 Å². The molecule has 0 radical (unpaired) electrons. The van der Waals surface area contributed by atoms with E-state index in [0.29, 0.717) is 12.8 Å². The topological polar surface area (TPSA) is 58.2 Å². The van der Waals surface area contributed by atoms with Crippen LogP contribution in [0.4, 0.5) is 0 Å². The third-order valence-corrected chi connectivity index (χ3v) is 8.28. The van der Waals surface area contributed by atoms with Crippen molar-refractivity contribution in [2.45, 2.75) is 206 Å². The third kappa shape index (κ3) is 33.1. The highest BCUT2D eigenvalue weighted by atomic mass is 16.2. The maximum Gasteiger partial charge on any atom is 0.220 e. The van der Waals surface area contributed by atoms with Crippen molar-refractivity contribution in [3.8, 4) is 0 Å². The molecule has 0 aliphatic rings. The van der Waals surface area contributed by atoms with Crippen molar-refractivity contribution >= 4 is 11.8 Å². The van der Waals surface area contributed by atoms with E-state index in [-0.39, 0.29) is 11.8 Å². The molecule has 2 N–H and O–H groups in total. The Morgan fingerprint density at radius 2 is 0.525 bits per heavy atom. The Hall–Kier alpha value is -1.06. The summed E-state index contributed by atoms with van der Waals surface area (Å²) >= 11 is 0. The van der Waals surface area contributed by atoms with E-state index >= 15 is 0 Å². The van der Waals surface area contributed by atoms with Crippen LogP contribution in [0.5, 0.6) is 0 Å². The highest BCUT2D eigenvalue weighted by Crippen LogP contribution is 2.14. The second kappa shape index (κ2) is 34.1. The standard InChI is InChI=1S/C36H72N2O2/c1-3-5-7-9-11-13-15-17-19-21-23-25-27-29-33-37-35(39)31-32-36(40)38-34-30-28-26-24-22-20-18-16-14-12-10-8-6-4-2/h3-34H2,1-2H3,(H,37,39)(H,38,40). The van der Waals surface area contributed by atoms with Crippen molar-refractivity contribution in [1.82, 2.24) is 10.6 Å². The van der Waals surface area contributed by atoms with Crippen LogP contribution >= 0.6 is 0 Å². The molecule has 2 amide bonds. The first-order chi connectivity index (χ1) is 19.7. The molecule has 4 nitrogen and oxygen atoms in total. The summed E-state index contributed by atoms with van der Waals surface area (Å²) in [6.45, 7) is 6.05. The molecule has 0 aromatic carbocycles. The van der Waals surface area contributed by atoms with E-state index in [1.54, 1.807) is 0 Å². The van der Waals surface area contributed by atoms with Gasteiger partial charge < -0.3 is 10.6 Å². The fourth-order valence-corrected chi connectivity index (χ4v) is 5.50. The van der Waals surface area contributed by atoms with E-state index in [9.17, 15) is 9.59 Å². The lowest BCUT2D eigenvalue weighted by Crippen LogP contribution is -2.28. The van der Waals surface area contributed by atoms with Crippen LogP contribution in [-0.2, 0) is 9.59 Å². The maximum absolute atomic E-state index is 12.0. The van der Waals surface area contributed by atoms with Crippen LogP contribution in [0.3, 0.4) is 0 Å². The molecule has 0 unspecified atom stereocenters. The first-order valence-electron chi connectivity index (χ1n) is 18.2. The Balaban J connectivity index is 3.27. The first kappa shape index (κ1) is 38.9. The molecule has 0 aliphatic heterocycles. The Kier molecular flexibility index (Phi) is 33.2. The van der Waals surface area contributed by atoms with Gasteiger partial charge in [-0.15, -0.1) is 0 Å². The molecule has 0 heterocycles. The van der Waals surface area contributed by atoms with Crippen LogP contribution in [0, 0.1) is 0 Å². The van der Waals surface area contributed by atoms with Crippen LogP contribution in [0.1, 0.15) is 206 Å². The summed E-state index contributed by atoms with van der Waals surface area (Å²) in [7, 11) is 0. The minimum atomic E-state index is 0.0151. The van der Waals surface area contributed by atoms with Crippen LogP contribution in [0.2, 0.25) is 0 Å². The molecule has 0 aliphatic carbocycles. The number of unbranched alkanes of at least 4 members (excludes halogenated alkanes) is 26. The number of amides is 2. The minimum Gasteiger partial charge on any atom is -0.356 e. The molecule has 0 spiro atoms. The zero-order valence-corrected chi connectivity index (χ0v) is 27.4. The van der Waals surface area contributed by atoms with Gasteiger partial charge in [0.25, 0.3) is 0 Å². The Morgan fingerprint density at radius 3 is 0.750 bits per heavy atom. The van der Waals surface area contributed by atoms with Crippen LogP contribution < -0.4 is 10.6 Å². The zero-order chi connectivity index (χ0) is 29.2. The Bertz CT molecular complexity index is 477. The highest BCUT2D eigenvalue weighted by Gasteiger charge is 2.06. The molecule has 238 valence electrons. The van der Waals surface area contributed by atoms with Crippen molar-refractivity contribution in [2.24, 2.45) is 0 Å². The predicted molar refractivity (Wildman–Crippen MR) is 176 cm³/mol. The number of hydrogen-bond acceptors (Lipinski definition) is 2. The smallest absolute Gasteiger partial charge is 0.220 e. The quantitative estimate of drug-likeness (QED) is 0.0779. The molecule has 0 aromatic rings. The monoisotopic (exact) mass is 565 g/mol. The van der Waals surface area contributed by atoms with Gasteiger partial charge in [-0.2, -0.15) is 0 Å². The lowest BCUT2D eigenvalue weighted by molar-refractivity contribution is -0.126. The van der Waals surface area contributed by atoms with Gasteiger partial charge in [0.2, 0.25) is 11.8 Å². The molecule has 0 aromatic heterocycles. The molecular weight excluding hydrogens is 492 g/mol. The average Bonchev–Trinajstić information content (AvgIpc) is 2.96. The van der Waals surface area contributed by atoms with Crippen LogP contribution in [-0.4, -0.2) is 24.9 Å². The number of rotatable bonds is 33. The number of carbonyl (C=O) groups excluding carboxylic acids is 2. The molecule has 0 saturated heterocycles. The second-order valence-corrected chi connectivity index (χ2v) is 12.4. The first-order valence-corrected chi connectivity index (χ1v) is 18.2. The molecule has 0 rings (SSSR count). The summed E-state index contributed by atoms with van der Waals surface area (Å²) in [5.74, 6) is 0.0303. The van der Waals surface area contributed by atoms with Gasteiger partial charge in [0.15, 0.2) is 0 Å². The van der Waals surface area contributed by atoms with Crippen molar-refractivity contribution in [3.05, 3.63) is 0 Å². The number of hydrogen-bond donors (Lipinski definition) is 2. The van der Waals surface area contributed by atoms with Gasteiger partial charge in [0.05, 0.1) is 0 Å². The summed E-state index contributed by atoms with van der Waals surface area (Å²) < 4.78 is 0. The van der Waals surface area contributed by atoms with Gasteiger partial charge in [0, 0.05) is 25.9 Å². The van der Waals surface area contributed by atoms with Crippen molar-refractivity contribution in [1.29, 1.82) is 0 Å². The molecule has 4 heteroatoms. The predicted octanol–water partition coefficient (Wildman–Crippen LogP) is 11.0. The average molecular weight is 565 g/mol. The van der Waals surface area contributed by atoms with Gasteiger partial charge in [-0.05, 0) is 12.8 Å². The molecule has 40 heavy (non-hydrogen) atoms. The Labute approximate surface area is 251 Å². The van der Waals surface area contributed by atoms with E-state index in [1.165, 1.54) is 167 Å². The van der Waals surface area contributed by atoms with Crippen LogP contribution in [0.15, 0.2) is 0 Å². The SMILES string of the molecule is CCCCCCCCCCCCCCCCNC(=O)CCC(=O)NCCCCCCCCCCCCCCCC. The molecule has 0 bridgehead atoms. The van der Waals surface area contributed by atoms with Gasteiger partial charge in [-0.3, -0.25) is 9.59 Å². The summed E-state index contributed by atoms with van der Waals surface area (Å²) in [5.41, 5.74) is 0. The molecule has 0 saturated carbocycles. The lowest BCUT2D eigenvalue weighted by atomic mass is 10.0. The van der Waals surface area contributed by atoms with Crippen molar-refractivity contribution in [3.63, 3.8) is 0 Å². The fourth-order valence-electron chi connectivity index (χ4n) is 5.50. The van der Waals surface area contributed by atoms with E-state index in [4.69, 9.17) is 0 Å². The fraction of sp³-hybridized carbons (Fsp3) is 0.944. The minimum absolute atomic E-state index is 0.0151. The van der Waals surface area contributed by atoms with Crippen molar-refractivity contribution < 1.29 is 9.59 Å². The van der Waals surface area contributed by atoms with Gasteiger partial charge >= 0.3 is 0 Å². The summed E-state index contributed by atoms with van der Waals surface area (Å²) in [4.78, 5) is 24.0. The van der Waals surface area contributed by atoms with Gasteiger partial charge in [-0.1, -0.05) is 181 Å². The highest BCUT2D eigenvalue weighted by molar-refractivity contribution is 5.83. The molecular formula is C36H72N2O2. The second-order valence-electron chi connectivity index (χ2n) is 12.4. The third-order valence-electron chi connectivity index (χ3n) is 8.28. The largest absolute Gasteiger partial charge is 0.356 e. The van der Waals surface area contributed by atoms with Gasteiger partial charge in [0.1, 0.15) is 0 Å². The number of nitrogens with one attached hydrogen (secondary N) is 2. The molecule has 0 atom stereocenters. The lowest BCUT2D eigenvalue weighted by Gasteiger charge is -2.07. The van der Waals surface area contributed by atoms with E-state index < -0.39 is 0 Å². The summed E-state index contributed by atoms with van der Waals surface area (Å²) in [6.07, 6.45) is 38.3. The Morgan fingerprint density at radius 1 is 0.325 bits per heavy atom. The summed E-state index contributed by atoms with van der Waals surface area (Å²) in [5, 5.41) is 5.97. The number of carbonyl (C=O) groups is 2. The summed E-state index contributed by atoms with van der Waals surface area (Å²) in [6, 6.07) is 0. The van der Waals surface area contributed by atoms with Crippen molar-refractivity contribution in [2.75, 3.05) is 13.1 Å². The normalized spacial score (nSPS) is 11.2. The zero-order valence-electron chi connectivity index (χ0n) is 27.4. The maximum atomic E-state index is 12.0. The van der Waals surface area contributed by atoms with E-state index in [2.05, 4.69) is 24.5 Å². The van der Waals surface area contributed by atoms with E-state index in [1.807, 2.05) is 0 Å². The molecule has 0 fully saturated rings. The van der Waals surface area contributed by atoms with Crippen LogP contribution in [0.25, 0.3) is 0 Å².